The first-order valence-electron chi connectivity index (χ1n) is 8.36. The van der Waals surface area contributed by atoms with Gasteiger partial charge in [-0.25, -0.2) is 4.39 Å². The van der Waals surface area contributed by atoms with E-state index >= 15 is 0 Å². The van der Waals surface area contributed by atoms with E-state index in [0.717, 1.165) is 30.5 Å². The molecule has 26 heavy (non-hydrogen) atoms. The minimum absolute atomic E-state index is 0.0475. The summed E-state index contributed by atoms with van der Waals surface area (Å²) in [5.41, 5.74) is 7.55. The zero-order valence-corrected chi connectivity index (χ0v) is 14.4. The summed E-state index contributed by atoms with van der Waals surface area (Å²) in [5.74, 6) is -0.865. The number of unbranched alkanes of at least 4 members (excludes halogenated alkanes) is 1. The maximum Gasteiger partial charge on any atom is 0.261 e. The van der Waals surface area contributed by atoms with Crippen LogP contribution in [0.3, 0.4) is 0 Å². The second-order valence-corrected chi connectivity index (χ2v) is 6.11. The van der Waals surface area contributed by atoms with E-state index < -0.39 is 11.7 Å². The molecule has 0 aliphatic rings. The first-order valence-corrected chi connectivity index (χ1v) is 8.36. The number of benzene rings is 1. The molecule has 0 fully saturated rings. The summed E-state index contributed by atoms with van der Waals surface area (Å²) in [6.45, 7) is 0. The highest BCUT2D eigenvalue weighted by molar-refractivity contribution is 6.18. The van der Waals surface area contributed by atoms with E-state index in [9.17, 15) is 14.0 Å². The van der Waals surface area contributed by atoms with Gasteiger partial charge in [-0.3, -0.25) is 14.6 Å². The summed E-state index contributed by atoms with van der Waals surface area (Å²) < 4.78 is 13.9. The lowest BCUT2D eigenvalue weighted by Gasteiger charge is -2.05. The van der Waals surface area contributed by atoms with Crippen molar-refractivity contribution < 1.29 is 9.18 Å². The van der Waals surface area contributed by atoms with Gasteiger partial charge in [0, 0.05) is 5.69 Å². The molecule has 3 rings (SSSR count). The van der Waals surface area contributed by atoms with Crippen molar-refractivity contribution in [1.82, 2.24) is 20.2 Å². The predicted molar refractivity (Wildman–Crippen MR) is 100 cm³/mol. The second-order valence-electron chi connectivity index (χ2n) is 6.11. The quantitative estimate of drug-likeness (QED) is 0.387. The molecule has 9 heteroatoms. The van der Waals surface area contributed by atoms with Gasteiger partial charge in [0.2, 0.25) is 19.8 Å². The number of amides is 1. The van der Waals surface area contributed by atoms with Gasteiger partial charge >= 0.3 is 0 Å². The molecular formula is C17H19BFN5O2. The van der Waals surface area contributed by atoms with Gasteiger partial charge in [0.1, 0.15) is 11.5 Å². The number of carbonyl (C=O) groups is 1. The number of carbonyl (C=O) groups excluding carboxylic acids is 1. The van der Waals surface area contributed by atoms with Crippen LogP contribution in [-0.2, 0) is 12.8 Å². The Morgan fingerprint density at radius 2 is 2.00 bits per heavy atom. The highest BCUT2D eigenvalue weighted by Gasteiger charge is 2.10. The number of aromatic amines is 2. The second kappa shape index (κ2) is 7.43. The summed E-state index contributed by atoms with van der Waals surface area (Å²) in [6.07, 6.45) is 3.16. The molecule has 0 spiro atoms. The summed E-state index contributed by atoms with van der Waals surface area (Å²) in [5, 5.41) is 2.90. The summed E-state index contributed by atoms with van der Waals surface area (Å²) >= 11 is 0. The van der Waals surface area contributed by atoms with Crippen LogP contribution in [0.5, 0.6) is 0 Å². The van der Waals surface area contributed by atoms with Crippen LogP contribution in [0.15, 0.2) is 29.1 Å². The Morgan fingerprint density at radius 3 is 2.73 bits per heavy atom. The monoisotopic (exact) mass is 355 g/mol. The largest absolute Gasteiger partial charge is 0.402 e. The molecular weight excluding hydrogens is 336 g/mol. The van der Waals surface area contributed by atoms with Gasteiger partial charge in [-0.15, -0.1) is 0 Å². The van der Waals surface area contributed by atoms with Gasteiger partial charge in [-0.2, -0.15) is 4.98 Å². The molecule has 7 nitrogen and oxygen atoms in total. The molecule has 0 bridgehead atoms. The molecule has 1 aromatic carbocycles. The molecule has 0 aliphatic carbocycles. The van der Waals surface area contributed by atoms with E-state index in [0.29, 0.717) is 17.5 Å². The van der Waals surface area contributed by atoms with Crippen molar-refractivity contribution in [2.45, 2.75) is 25.7 Å². The Morgan fingerprint density at radius 1 is 1.23 bits per heavy atom. The Bertz CT molecular complexity index is 1010. The molecule has 5 N–H and O–H groups in total. The molecule has 1 amide bonds. The number of nitrogens with one attached hydrogen (secondary N) is 3. The van der Waals surface area contributed by atoms with Crippen molar-refractivity contribution in [3.63, 3.8) is 0 Å². The third-order valence-electron chi connectivity index (χ3n) is 4.24. The molecule has 0 radical (unpaired) electrons. The summed E-state index contributed by atoms with van der Waals surface area (Å²) in [4.78, 5) is 32.9. The maximum absolute atomic E-state index is 13.9. The average molecular weight is 355 g/mol. The van der Waals surface area contributed by atoms with Crippen molar-refractivity contribution in [3.8, 4) is 0 Å². The number of nitrogen functional groups attached to an aromatic ring is 1. The van der Waals surface area contributed by atoms with Gasteiger partial charge in [-0.05, 0) is 49.4 Å². The normalized spacial score (nSPS) is 11.0. The summed E-state index contributed by atoms with van der Waals surface area (Å²) in [7, 11) is 1.47. The van der Waals surface area contributed by atoms with Crippen molar-refractivity contribution in [2.24, 2.45) is 0 Å². The lowest BCUT2D eigenvalue weighted by molar-refractivity contribution is 0.0977. The van der Waals surface area contributed by atoms with Crippen LogP contribution in [0.4, 0.5) is 10.3 Å². The molecule has 0 aliphatic heterocycles. The number of nitrogens with zero attached hydrogens (tertiary/aromatic N) is 1. The van der Waals surface area contributed by atoms with E-state index in [4.69, 9.17) is 5.73 Å². The smallest absolute Gasteiger partial charge is 0.261 e. The van der Waals surface area contributed by atoms with Crippen LogP contribution in [0.25, 0.3) is 11.0 Å². The molecule has 3 aromatic rings. The number of rotatable bonds is 6. The van der Waals surface area contributed by atoms with Crippen molar-refractivity contribution in [1.29, 1.82) is 0 Å². The van der Waals surface area contributed by atoms with E-state index in [2.05, 4.69) is 20.2 Å². The maximum atomic E-state index is 13.9. The molecule has 0 atom stereocenters. The van der Waals surface area contributed by atoms with Gasteiger partial charge in [0.05, 0.1) is 10.9 Å². The first-order chi connectivity index (χ1) is 12.5. The Kier molecular flexibility index (Phi) is 5.06. The van der Waals surface area contributed by atoms with E-state index in [1.807, 2.05) is 0 Å². The first kappa shape index (κ1) is 17.7. The minimum atomic E-state index is -0.514. The number of aromatic nitrogens is 3. The number of fused-ring (bicyclic) bond motifs is 1. The van der Waals surface area contributed by atoms with E-state index in [-0.39, 0.29) is 17.1 Å². The highest BCUT2D eigenvalue weighted by atomic mass is 19.1. The van der Waals surface area contributed by atoms with Crippen LogP contribution in [0.1, 0.15) is 34.5 Å². The lowest BCUT2D eigenvalue weighted by atomic mass is 10.0. The standard InChI is InChI=1S/C17H19BFN5O2/c18-24-16(26)11-6-5-9(7-13(11)19)3-1-2-4-10-8-12-14(21-10)22-17(20)23-15(12)25/h5-8H,1-4,18H2,(H,24,26)(H4,20,21,22,23,25). The van der Waals surface area contributed by atoms with Gasteiger partial charge in [0.25, 0.3) is 5.56 Å². The number of anilines is 1. The van der Waals surface area contributed by atoms with E-state index in [1.165, 1.54) is 20.1 Å². The van der Waals surface area contributed by atoms with Gasteiger partial charge in [0.15, 0.2) is 0 Å². The number of nitrogens with two attached hydrogens (primary N) is 1. The Labute approximate surface area is 149 Å². The fraction of sp³-hybridized carbons (Fsp3) is 0.235. The molecule has 2 heterocycles. The van der Waals surface area contributed by atoms with Gasteiger partial charge in [-0.1, -0.05) is 6.07 Å². The zero-order chi connectivity index (χ0) is 18.7. The Hall–Kier alpha value is -3.10. The average Bonchev–Trinajstić information content (AvgIpc) is 3.01. The zero-order valence-electron chi connectivity index (χ0n) is 14.4. The van der Waals surface area contributed by atoms with Crippen molar-refractivity contribution in [3.05, 3.63) is 57.3 Å². The fourth-order valence-electron chi connectivity index (χ4n) is 2.90. The number of hydrogen-bond donors (Lipinski definition) is 4. The third-order valence-corrected chi connectivity index (χ3v) is 4.24. The van der Waals surface area contributed by atoms with Crippen LogP contribution in [0.2, 0.25) is 0 Å². The van der Waals surface area contributed by atoms with Crippen molar-refractivity contribution in [2.75, 3.05) is 5.73 Å². The SMILES string of the molecule is BNC(=O)c1ccc(CCCCc2cc3c(=O)[nH]c(N)nc3[nH]2)cc1F. The number of aryl methyl sites for hydroxylation is 2. The topological polar surface area (TPSA) is 117 Å². The van der Waals surface area contributed by atoms with Crippen LogP contribution in [-0.4, -0.2) is 28.8 Å². The Balaban J connectivity index is 1.57. The molecule has 0 saturated heterocycles. The molecule has 0 unspecified atom stereocenters. The van der Waals surface area contributed by atoms with Crippen LogP contribution < -0.4 is 16.5 Å². The lowest BCUT2D eigenvalue weighted by Crippen LogP contribution is -2.20. The van der Waals surface area contributed by atoms with E-state index in [1.54, 1.807) is 12.1 Å². The molecule has 2 aromatic heterocycles. The summed E-state index contributed by atoms with van der Waals surface area (Å²) in [6, 6.07) is 6.45. The predicted octanol–water partition coefficient (Wildman–Crippen LogP) is 0.816. The van der Waals surface area contributed by atoms with Crippen LogP contribution >= 0.6 is 0 Å². The molecule has 134 valence electrons. The number of H-pyrrole nitrogens is 2. The highest BCUT2D eigenvalue weighted by Crippen LogP contribution is 2.15. The van der Waals surface area contributed by atoms with Crippen molar-refractivity contribution >= 4 is 30.9 Å². The molecule has 0 saturated carbocycles. The van der Waals surface area contributed by atoms with Crippen LogP contribution in [0, 0.1) is 5.82 Å². The third kappa shape index (κ3) is 3.76. The number of halogens is 1. The number of hydrogen-bond acceptors (Lipinski definition) is 4. The minimum Gasteiger partial charge on any atom is -0.402 e. The van der Waals surface area contributed by atoms with Gasteiger partial charge < -0.3 is 15.9 Å². The fourth-order valence-corrected chi connectivity index (χ4v) is 2.90.